The minimum Gasteiger partial charge on any atom is -0.508 e. The van der Waals surface area contributed by atoms with Crippen LogP contribution in [0.3, 0.4) is 0 Å². The Morgan fingerprint density at radius 3 is 2.27 bits per heavy atom. The van der Waals surface area contributed by atoms with Crippen molar-refractivity contribution in [3.8, 4) is 5.75 Å². The largest absolute Gasteiger partial charge is 0.508 e. The highest BCUT2D eigenvalue weighted by Crippen LogP contribution is 2.15. The van der Waals surface area contributed by atoms with Crippen LogP contribution in [0.1, 0.15) is 29.6 Å². The van der Waals surface area contributed by atoms with E-state index in [1.54, 1.807) is 24.3 Å². The summed E-state index contributed by atoms with van der Waals surface area (Å²) in [6.45, 7) is 1.72. The van der Waals surface area contributed by atoms with Crippen LogP contribution in [-0.2, 0) is 0 Å². The van der Waals surface area contributed by atoms with Crippen molar-refractivity contribution in [2.75, 3.05) is 13.1 Å². The molecule has 0 radical (unpaired) electrons. The number of amides is 1. The summed E-state index contributed by atoms with van der Waals surface area (Å²) in [4.78, 5) is 13.8. The van der Waals surface area contributed by atoms with Crippen molar-refractivity contribution < 1.29 is 9.90 Å². The van der Waals surface area contributed by atoms with Crippen LogP contribution in [0.5, 0.6) is 5.75 Å². The Morgan fingerprint density at radius 2 is 1.67 bits per heavy atom. The standard InChI is InChI=1S/C12H15NO2/c14-11-6-4-10(5-7-11)12(15)13-8-2-1-3-9-13/h4-7,14H,1-3,8-9H2. The quantitative estimate of drug-likeness (QED) is 0.762. The molecule has 1 saturated heterocycles. The number of likely N-dealkylation sites (tertiary alicyclic amines) is 1. The number of aromatic hydroxyl groups is 1. The SMILES string of the molecule is O=C(c1ccc(O)cc1)N1CCCCC1. The Hall–Kier alpha value is -1.51. The first-order valence-electron chi connectivity index (χ1n) is 5.36. The van der Waals surface area contributed by atoms with Crippen molar-refractivity contribution in [3.05, 3.63) is 29.8 Å². The average molecular weight is 205 g/mol. The Kier molecular flexibility index (Phi) is 2.90. The van der Waals surface area contributed by atoms with E-state index in [2.05, 4.69) is 0 Å². The summed E-state index contributed by atoms with van der Waals surface area (Å²) in [5, 5.41) is 9.12. The summed E-state index contributed by atoms with van der Waals surface area (Å²) in [6.07, 6.45) is 3.42. The molecule has 15 heavy (non-hydrogen) atoms. The highest BCUT2D eigenvalue weighted by atomic mass is 16.3. The summed E-state index contributed by atoms with van der Waals surface area (Å²) in [5.41, 5.74) is 0.662. The van der Waals surface area contributed by atoms with Crippen molar-refractivity contribution >= 4 is 5.91 Å². The topological polar surface area (TPSA) is 40.5 Å². The molecule has 0 aromatic heterocycles. The van der Waals surface area contributed by atoms with E-state index in [4.69, 9.17) is 5.11 Å². The van der Waals surface area contributed by atoms with Gasteiger partial charge in [0.25, 0.3) is 5.91 Å². The molecule has 0 bridgehead atoms. The number of hydrogen-bond acceptors (Lipinski definition) is 2. The lowest BCUT2D eigenvalue weighted by atomic mass is 10.1. The fourth-order valence-electron chi connectivity index (χ4n) is 1.88. The second kappa shape index (κ2) is 4.34. The summed E-state index contributed by atoms with van der Waals surface area (Å²) in [6, 6.07) is 6.45. The lowest BCUT2D eigenvalue weighted by Crippen LogP contribution is -2.35. The van der Waals surface area contributed by atoms with E-state index in [1.807, 2.05) is 4.90 Å². The molecule has 0 saturated carbocycles. The zero-order valence-electron chi connectivity index (χ0n) is 8.65. The van der Waals surface area contributed by atoms with Gasteiger partial charge in [0.1, 0.15) is 5.75 Å². The van der Waals surface area contributed by atoms with E-state index in [1.165, 1.54) is 6.42 Å². The van der Waals surface area contributed by atoms with E-state index in [9.17, 15) is 4.79 Å². The molecule has 1 aliphatic rings. The van der Waals surface area contributed by atoms with Crippen LogP contribution in [0.15, 0.2) is 24.3 Å². The number of piperidine rings is 1. The smallest absolute Gasteiger partial charge is 0.253 e. The van der Waals surface area contributed by atoms with Crippen molar-refractivity contribution in [1.82, 2.24) is 4.90 Å². The van der Waals surface area contributed by atoms with Gasteiger partial charge in [0.15, 0.2) is 0 Å². The van der Waals surface area contributed by atoms with Crippen LogP contribution < -0.4 is 0 Å². The maximum absolute atomic E-state index is 12.0. The van der Waals surface area contributed by atoms with Crippen LogP contribution >= 0.6 is 0 Å². The molecule has 80 valence electrons. The summed E-state index contributed by atoms with van der Waals surface area (Å²) in [7, 11) is 0. The molecule has 0 spiro atoms. The predicted molar refractivity (Wildman–Crippen MR) is 57.9 cm³/mol. The van der Waals surface area contributed by atoms with Gasteiger partial charge in [-0.3, -0.25) is 4.79 Å². The van der Waals surface area contributed by atoms with Crippen LogP contribution in [0.2, 0.25) is 0 Å². The fourth-order valence-corrected chi connectivity index (χ4v) is 1.88. The molecule has 3 nitrogen and oxygen atoms in total. The van der Waals surface area contributed by atoms with Gasteiger partial charge >= 0.3 is 0 Å². The number of carbonyl (C=O) groups is 1. The number of nitrogens with zero attached hydrogens (tertiary/aromatic N) is 1. The number of phenols is 1. The van der Waals surface area contributed by atoms with Gasteiger partial charge in [-0.15, -0.1) is 0 Å². The van der Waals surface area contributed by atoms with Crippen molar-refractivity contribution in [3.63, 3.8) is 0 Å². The van der Waals surface area contributed by atoms with E-state index in [-0.39, 0.29) is 11.7 Å². The molecule has 0 aliphatic carbocycles. The van der Waals surface area contributed by atoms with Gasteiger partial charge in [-0.1, -0.05) is 0 Å². The summed E-state index contributed by atoms with van der Waals surface area (Å²) >= 11 is 0. The number of carbonyl (C=O) groups excluding carboxylic acids is 1. The number of hydrogen-bond donors (Lipinski definition) is 1. The van der Waals surface area contributed by atoms with Crippen molar-refractivity contribution in [1.29, 1.82) is 0 Å². The highest BCUT2D eigenvalue weighted by Gasteiger charge is 2.17. The number of phenolic OH excluding ortho intramolecular Hbond substituents is 1. The monoisotopic (exact) mass is 205 g/mol. The molecule has 1 aliphatic heterocycles. The second-order valence-corrected chi connectivity index (χ2v) is 3.90. The fraction of sp³-hybridized carbons (Fsp3) is 0.417. The van der Waals surface area contributed by atoms with Crippen molar-refractivity contribution in [2.24, 2.45) is 0 Å². The van der Waals surface area contributed by atoms with Gasteiger partial charge in [0.05, 0.1) is 0 Å². The molecular formula is C12H15NO2. The zero-order valence-corrected chi connectivity index (χ0v) is 8.65. The predicted octanol–water partition coefficient (Wildman–Crippen LogP) is 2.02. The first kappa shape index (κ1) is 10.0. The van der Waals surface area contributed by atoms with Gasteiger partial charge in [-0.05, 0) is 43.5 Å². The minimum atomic E-state index is 0.0784. The van der Waals surface area contributed by atoms with Gasteiger partial charge < -0.3 is 10.0 Å². The Bertz CT molecular complexity index is 339. The Labute approximate surface area is 89.3 Å². The summed E-state index contributed by atoms with van der Waals surface area (Å²) < 4.78 is 0. The number of rotatable bonds is 1. The third kappa shape index (κ3) is 2.29. The average Bonchev–Trinajstić information content (AvgIpc) is 2.30. The Morgan fingerprint density at radius 1 is 1.07 bits per heavy atom. The second-order valence-electron chi connectivity index (χ2n) is 3.90. The van der Waals surface area contributed by atoms with Crippen LogP contribution in [-0.4, -0.2) is 29.0 Å². The highest BCUT2D eigenvalue weighted by molar-refractivity contribution is 5.94. The molecule has 0 atom stereocenters. The van der Waals surface area contributed by atoms with Gasteiger partial charge in [-0.2, -0.15) is 0 Å². The third-order valence-electron chi connectivity index (χ3n) is 2.76. The molecular weight excluding hydrogens is 190 g/mol. The first-order chi connectivity index (χ1) is 7.27. The van der Waals surface area contributed by atoms with E-state index >= 15 is 0 Å². The van der Waals surface area contributed by atoms with Gasteiger partial charge in [0.2, 0.25) is 0 Å². The maximum Gasteiger partial charge on any atom is 0.253 e. The van der Waals surface area contributed by atoms with Crippen LogP contribution in [0, 0.1) is 0 Å². The third-order valence-corrected chi connectivity index (χ3v) is 2.76. The number of benzene rings is 1. The first-order valence-corrected chi connectivity index (χ1v) is 5.36. The van der Waals surface area contributed by atoms with Crippen LogP contribution in [0.25, 0.3) is 0 Å². The van der Waals surface area contributed by atoms with Gasteiger partial charge in [0, 0.05) is 18.7 Å². The molecule has 1 heterocycles. The van der Waals surface area contributed by atoms with E-state index in [0.29, 0.717) is 5.56 Å². The summed E-state index contributed by atoms with van der Waals surface area (Å²) in [5.74, 6) is 0.278. The molecule has 1 N–H and O–H groups in total. The molecule has 3 heteroatoms. The minimum absolute atomic E-state index is 0.0784. The van der Waals surface area contributed by atoms with Crippen molar-refractivity contribution in [2.45, 2.75) is 19.3 Å². The zero-order chi connectivity index (χ0) is 10.7. The lowest BCUT2D eigenvalue weighted by molar-refractivity contribution is 0.0724. The molecule has 1 amide bonds. The van der Waals surface area contributed by atoms with E-state index < -0.39 is 0 Å². The van der Waals surface area contributed by atoms with Crippen LogP contribution in [0.4, 0.5) is 0 Å². The molecule has 1 aromatic carbocycles. The molecule has 1 fully saturated rings. The normalized spacial score (nSPS) is 16.4. The lowest BCUT2D eigenvalue weighted by Gasteiger charge is -2.26. The van der Waals surface area contributed by atoms with Gasteiger partial charge in [-0.25, -0.2) is 0 Å². The maximum atomic E-state index is 12.0. The molecule has 2 rings (SSSR count). The molecule has 1 aromatic rings. The van der Waals surface area contributed by atoms with E-state index in [0.717, 1.165) is 25.9 Å². The molecule has 0 unspecified atom stereocenters. The Balaban J connectivity index is 2.09.